The van der Waals surface area contributed by atoms with Crippen LogP contribution in [0.2, 0.25) is 5.02 Å². The van der Waals surface area contributed by atoms with Gasteiger partial charge in [-0.15, -0.1) is 0 Å². The molecule has 1 N–H and O–H groups in total. The first-order chi connectivity index (χ1) is 7.83. The maximum atomic E-state index is 5.92. The molecule has 1 saturated heterocycles. The van der Waals surface area contributed by atoms with Crippen LogP contribution in [0.3, 0.4) is 0 Å². The summed E-state index contributed by atoms with van der Waals surface area (Å²) in [6.07, 6.45) is 3.87. The molecule has 5 heteroatoms. The highest BCUT2D eigenvalue weighted by molar-refractivity contribution is 6.30. The van der Waals surface area contributed by atoms with E-state index in [4.69, 9.17) is 16.3 Å². The Morgan fingerprint density at radius 2 is 2.38 bits per heavy atom. The van der Waals surface area contributed by atoms with Crippen LogP contribution in [0.5, 0.6) is 0 Å². The van der Waals surface area contributed by atoms with E-state index in [1.54, 1.807) is 0 Å². The molecule has 0 aliphatic carbocycles. The van der Waals surface area contributed by atoms with Gasteiger partial charge in [0.15, 0.2) is 0 Å². The van der Waals surface area contributed by atoms with Crippen molar-refractivity contribution in [3.05, 3.63) is 35.2 Å². The summed E-state index contributed by atoms with van der Waals surface area (Å²) >= 11 is 5.92. The van der Waals surface area contributed by atoms with Gasteiger partial charge in [0, 0.05) is 25.5 Å². The van der Waals surface area contributed by atoms with Crippen molar-refractivity contribution in [1.82, 2.24) is 14.7 Å². The first kappa shape index (κ1) is 10.1. The standard InChI is InChI=1S/C11H12ClN3O/c12-8-1-2-11-14-9(7-15(11)6-8)10-5-13-3-4-16-10/h1-2,6-7,10,13H,3-5H2. The van der Waals surface area contributed by atoms with E-state index in [9.17, 15) is 0 Å². The van der Waals surface area contributed by atoms with Crippen molar-refractivity contribution in [2.24, 2.45) is 0 Å². The summed E-state index contributed by atoms with van der Waals surface area (Å²) < 4.78 is 7.58. The fourth-order valence-electron chi connectivity index (χ4n) is 1.89. The Morgan fingerprint density at radius 1 is 1.44 bits per heavy atom. The maximum Gasteiger partial charge on any atom is 0.137 e. The summed E-state index contributed by atoms with van der Waals surface area (Å²) in [5.74, 6) is 0. The van der Waals surface area contributed by atoms with Gasteiger partial charge in [-0.2, -0.15) is 0 Å². The SMILES string of the molecule is Clc1ccc2nc(C3CNCCO3)cn2c1. The number of imidazole rings is 1. The quantitative estimate of drug-likeness (QED) is 0.820. The van der Waals surface area contributed by atoms with Crippen LogP contribution in [-0.4, -0.2) is 29.1 Å². The van der Waals surface area contributed by atoms with Crippen LogP contribution >= 0.6 is 11.6 Å². The molecule has 84 valence electrons. The maximum absolute atomic E-state index is 5.92. The number of fused-ring (bicyclic) bond motifs is 1. The van der Waals surface area contributed by atoms with Crippen LogP contribution in [0.4, 0.5) is 0 Å². The van der Waals surface area contributed by atoms with Gasteiger partial charge >= 0.3 is 0 Å². The van der Waals surface area contributed by atoms with Crippen LogP contribution in [0.15, 0.2) is 24.5 Å². The number of hydrogen-bond donors (Lipinski definition) is 1. The zero-order valence-electron chi connectivity index (χ0n) is 8.69. The van der Waals surface area contributed by atoms with E-state index >= 15 is 0 Å². The molecule has 0 amide bonds. The van der Waals surface area contributed by atoms with Gasteiger partial charge in [-0.3, -0.25) is 0 Å². The first-order valence-corrected chi connectivity index (χ1v) is 5.67. The smallest absolute Gasteiger partial charge is 0.137 e. The van der Waals surface area contributed by atoms with Crippen molar-refractivity contribution in [3.8, 4) is 0 Å². The van der Waals surface area contributed by atoms with Crippen molar-refractivity contribution in [2.75, 3.05) is 19.7 Å². The number of nitrogens with zero attached hydrogens (tertiary/aromatic N) is 2. The van der Waals surface area contributed by atoms with Crippen LogP contribution in [-0.2, 0) is 4.74 Å². The van der Waals surface area contributed by atoms with Gasteiger partial charge in [0.2, 0.25) is 0 Å². The summed E-state index contributed by atoms with van der Waals surface area (Å²) in [5.41, 5.74) is 1.85. The van der Waals surface area contributed by atoms with Crippen molar-refractivity contribution in [3.63, 3.8) is 0 Å². The molecule has 1 aliphatic rings. The number of nitrogens with one attached hydrogen (secondary N) is 1. The molecule has 4 nitrogen and oxygen atoms in total. The third-order valence-electron chi connectivity index (χ3n) is 2.69. The second-order valence-electron chi connectivity index (χ2n) is 3.84. The summed E-state index contributed by atoms with van der Waals surface area (Å²) in [6, 6.07) is 3.75. The molecule has 1 unspecified atom stereocenters. The Labute approximate surface area is 98.2 Å². The van der Waals surface area contributed by atoms with Gasteiger partial charge in [-0.05, 0) is 12.1 Å². The highest BCUT2D eigenvalue weighted by Crippen LogP contribution is 2.19. The largest absolute Gasteiger partial charge is 0.369 e. The number of rotatable bonds is 1. The van der Waals surface area contributed by atoms with Gasteiger partial charge in [-0.1, -0.05) is 11.6 Å². The highest BCUT2D eigenvalue weighted by atomic mass is 35.5. The second-order valence-corrected chi connectivity index (χ2v) is 4.28. The van der Waals surface area contributed by atoms with E-state index < -0.39 is 0 Å². The number of hydrogen-bond acceptors (Lipinski definition) is 3. The van der Waals surface area contributed by atoms with E-state index in [1.807, 2.05) is 28.9 Å². The number of morpholine rings is 1. The molecule has 3 rings (SSSR count). The monoisotopic (exact) mass is 237 g/mol. The third-order valence-corrected chi connectivity index (χ3v) is 2.91. The van der Waals surface area contributed by atoms with Gasteiger partial charge in [0.1, 0.15) is 11.8 Å². The Kier molecular flexibility index (Phi) is 2.55. The molecule has 3 heterocycles. The van der Waals surface area contributed by atoms with Gasteiger partial charge in [0.05, 0.1) is 17.3 Å². The van der Waals surface area contributed by atoms with Gasteiger partial charge in [-0.25, -0.2) is 4.98 Å². The molecule has 0 radical (unpaired) electrons. The Hall–Kier alpha value is -1.10. The topological polar surface area (TPSA) is 38.6 Å². The van der Waals surface area contributed by atoms with Crippen LogP contribution in [0.25, 0.3) is 5.65 Å². The Bertz CT molecular complexity index is 505. The number of aromatic nitrogens is 2. The molecule has 0 saturated carbocycles. The summed E-state index contributed by atoms with van der Waals surface area (Å²) in [6.45, 7) is 2.46. The summed E-state index contributed by atoms with van der Waals surface area (Å²) in [7, 11) is 0. The minimum atomic E-state index is 0.0485. The molecule has 0 spiro atoms. The molecule has 1 atom stereocenters. The molecule has 2 aromatic rings. The van der Waals surface area contributed by atoms with Crippen molar-refractivity contribution in [2.45, 2.75) is 6.10 Å². The normalized spacial score (nSPS) is 21.4. The molecule has 0 aromatic carbocycles. The van der Waals surface area contributed by atoms with Crippen LogP contribution in [0.1, 0.15) is 11.8 Å². The lowest BCUT2D eigenvalue weighted by Crippen LogP contribution is -2.33. The van der Waals surface area contributed by atoms with Crippen LogP contribution in [0, 0.1) is 0 Å². The van der Waals surface area contributed by atoms with Gasteiger partial charge < -0.3 is 14.5 Å². The fourth-order valence-corrected chi connectivity index (χ4v) is 2.06. The predicted molar refractivity (Wildman–Crippen MR) is 61.8 cm³/mol. The second kappa shape index (κ2) is 4.05. The number of pyridine rings is 1. The molecule has 16 heavy (non-hydrogen) atoms. The average Bonchev–Trinajstić information content (AvgIpc) is 2.73. The third kappa shape index (κ3) is 1.80. The molecule has 1 fully saturated rings. The molecule has 1 aliphatic heterocycles. The van der Waals surface area contributed by atoms with E-state index in [0.717, 1.165) is 31.0 Å². The zero-order valence-corrected chi connectivity index (χ0v) is 9.44. The average molecular weight is 238 g/mol. The number of ether oxygens (including phenoxy) is 1. The molecule has 2 aromatic heterocycles. The van der Waals surface area contributed by atoms with E-state index in [1.165, 1.54) is 0 Å². The highest BCUT2D eigenvalue weighted by Gasteiger charge is 2.18. The fraction of sp³-hybridized carbons (Fsp3) is 0.364. The van der Waals surface area contributed by atoms with Gasteiger partial charge in [0.25, 0.3) is 0 Å². The Morgan fingerprint density at radius 3 is 3.19 bits per heavy atom. The predicted octanol–water partition coefficient (Wildman–Crippen LogP) is 1.65. The molecular weight excluding hydrogens is 226 g/mol. The zero-order chi connectivity index (χ0) is 11.0. The summed E-state index contributed by atoms with van der Waals surface area (Å²) in [5, 5.41) is 4.00. The van der Waals surface area contributed by atoms with Crippen molar-refractivity contribution >= 4 is 17.2 Å². The van der Waals surface area contributed by atoms with Crippen molar-refractivity contribution in [1.29, 1.82) is 0 Å². The lowest BCUT2D eigenvalue weighted by molar-refractivity contribution is 0.0253. The first-order valence-electron chi connectivity index (χ1n) is 5.29. The molecular formula is C11H12ClN3O. The number of halogens is 1. The minimum Gasteiger partial charge on any atom is -0.369 e. The van der Waals surface area contributed by atoms with E-state index in [0.29, 0.717) is 5.02 Å². The lowest BCUT2D eigenvalue weighted by Gasteiger charge is -2.21. The minimum absolute atomic E-state index is 0.0485. The van der Waals surface area contributed by atoms with Crippen LogP contribution < -0.4 is 5.32 Å². The van der Waals surface area contributed by atoms with Crippen molar-refractivity contribution < 1.29 is 4.74 Å². The van der Waals surface area contributed by atoms with E-state index in [-0.39, 0.29) is 6.10 Å². The lowest BCUT2D eigenvalue weighted by atomic mass is 10.2. The summed E-state index contributed by atoms with van der Waals surface area (Å²) in [4.78, 5) is 4.52. The Balaban J connectivity index is 1.97. The van der Waals surface area contributed by atoms with E-state index in [2.05, 4.69) is 10.3 Å². The molecule has 0 bridgehead atoms.